The fourth-order valence-corrected chi connectivity index (χ4v) is 3.61. The highest BCUT2D eigenvalue weighted by atomic mass is 32.2. The van der Waals surface area contributed by atoms with Gasteiger partial charge in [-0.2, -0.15) is 4.31 Å². The molecule has 0 aliphatic rings. The van der Waals surface area contributed by atoms with E-state index in [4.69, 9.17) is 22.7 Å². The molecular formula is C13H20N2O3S2. The largest absolute Gasteiger partial charge is 0.389 e. The summed E-state index contributed by atoms with van der Waals surface area (Å²) in [4.78, 5) is 0.506. The van der Waals surface area contributed by atoms with Crippen LogP contribution in [0.2, 0.25) is 0 Å². The summed E-state index contributed by atoms with van der Waals surface area (Å²) in [5, 5.41) is 0. The second-order valence-corrected chi connectivity index (χ2v) is 6.71. The SMILES string of the molecule is CCN(CCOC)S(=O)(=O)c1ccc(C(N)=S)c(C)c1. The molecular weight excluding hydrogens is 296 g/mol. The zero-order chi connectivity index (χ0) is 15.3. The van der Waals surface area contributed by atoms with Gasteiger partial charge in [0.15, 0.2) is 0 Å². The number of thiocarbonyl (C=S) groups is 1. The summed E-state index contributed by atoms with van der Waals surface area (Å²) in [5.74, 6) is 0. The first-order valence-corrected chi connectivity index (χ1v) is 8.09. The zero-order valence-corrected chi connectivity index (χ0v) is 13.6. The fourth-order valence-electron chi connectivity index (χ4n) is 1.86. The average molecular weight is 316 g/mol. The van der Waals surface area contributed by atoms with E-state index < -0.39 is 10.0 Å². The van der Waals surface area contributed by atoms with Crippen molar-refractivity contribution in [2.24, 2.45) is 5.73 Å². The molecule has 0 spiro atoms. The molecule has 0 amide bonds. The van der Waals surface area contributed by atoms with Crippen molar-refractivity contribution in [1.29, 1.82) is 0 Å². The number of nitrogens with zero attached hydrogens (tertiary/aromatic N) is 1. The second kappa shape index (κ2) is 7.12. The number of methoxy groups -OCH3 is 1. The van der Waals surface area contributed by atoms with E-state index in [1.54, 1.807) is 33.1 Å². The normalized spacial score (nSPS) is 11.8. The summed E-state index contributed by atoms with van der Waals surface area (Å²) in [5.41, 5.74) is 7.03. The van der Waals surface area contributed by atoms with E-state index in [1.165, 1.54) is 10.4 Å². The van der Waals surface area contributed by atoms with E-state index in [2.05, 4.69) is 0 Å². The molecule has 1 rings (SSSR count). The molecule has 20 heavy (non-hydrogen) atoms. The maximum Gasteiger partial charge on any atom is 0.243 e. The van der Waals surface area contributed by atoms with Crippen LogP contribution >= 0.6 is 12.2 Å². The van der Waals surface area contributed by atoms with Gasteiger partial charge < -0.3 is 10.5 Å². The predicted molar refractivity (Wildman–Crippen MR) is 83.4 cm³/mol. The topological polar surface area (TPSA) is 72.6 Å². The highest BCUT2D eigenvalue weighted by Gasteiger charge is 2.23. The minimum Gasteiger partial charge on any atom is -0.389 e. The standard InChI is InChI=1S/C13H20N2O3S2/c1-4-15(7-8-18-3)20(16,17)11-5-6-12(13(14)19)10(2)9-11/h5-6,9H,4,7-8H2,1-3H3,(H2,14,19). The van der Waals surface area contributed by atoms with Crippen molar-refractivity contribution in [1.82, 2.24) is 4.31 Å². The van der Waals surface area contributed by atoms with Crippen LogP contribution in [0.1, 0.15) is 18.1 Å². The lowest BCUT2D eigenvalue weighted by molar-refractivity contribution is 0.180. The van der Waals surface area contributed by atoms with Crippen molar-refractivity contribution < 1.29 is 13.2 Å². The highest BCUT2D eigenvalue weighted by Crippen LogP contribution is 2.19. The molecule has 0 atom stereocenters. The maximum absolute atomic E-state index is 12.5. The van der Waals surface area contributed by atoms with Crippen LogP contribution in [0.25, 0.3) is 0 Å². The van der Waals surface area contributed by atoms with Gasteiger partial charge in [-0.3, -0.25) is 0 Å². The molecule has 1 aromatic carbocycles. The van der Waals surface area contributed by atoms with Crippen LogP contribution in [0, 0.1) is 6.92 Å². The Bertz CT molecular complexity index is 585. The number of sulfonamides is 1. The molecule has 0 saturated heterocycles. The van der Waals surface area contributed by atoms with Gasteiger partial charge in [-0.25, -0.2) is 8.42 Å². The van der Waals surface area contributed by atoms with Crippen molar-refractivity contribution in [3.05, 3.63) is 29.3 Å². The van der Waals surface area contributed by atoms with Crippen LogP contribution in [-0.4, -0.2) is 44.5 Å². The molecule has 0 saturated carbocycles. The van der Waals surface area contributed by atoms with Crippen molar-refractivity contribution in [3.8, 4) is 0 Å². The molecule has 0 aromatic heterocycles. The van der Waals surface area contributed by atoms with Gasteiger partial charge in [0.2, 0.25) is 10.0 Å². The van der Waals surface area contributed by atoms with Gasteiger partial charge in [0, 0.05) is 25.8 Å². The number of aryl methyl sites for hydroxylation is 1. The first-order valence-electron chi connectivity index (χ1n) is 6.24. The Hall–Kier alpha value is -1.02. The van der Waals surface area contributed by atoms with Gasteiger partial charge in [-0.05, 0) is 24.6 Å². The van der Waals surface area contributed by atoms with Gasteiger partial charge in [-0.1, -0.05) is 25.2 Å². The zero-order valence-electron chi connectivity index (χ0n) is 11.9. The Kier molecular flexibility index (Phi) is 6.07. The number of rotatable bonds is 7. The maximum atomic E-state index is 12.5. The van der Waals surface area contributed by atoms with Crippen LogP contribution in [0.4, 0.5) is 0 Å². The smallest absolute Gasteiger partial charge is 0.243 e. The number of ether oxygens (including phenoxy) is 1. The summed E-state index contributed by atoms with van der Waals surface area (Å²) in [6.07, 6.45) is 0. The first-order chi connectivity index (χ1) is 9.34. The summed E-state index contributed by atoms with van der Waals surface area (Å²) < 4.78 is 31.3. The van der Waals surface area contributed by atoms with Crippen LogP contribution in [0.15, 0.2) is 23.1 Å². The molecule has 0 bridgehead atoms. The highest BCUT2D eigenvalue weighted by molar-refractivity contribution is 7.89. The van der Waals surface area contributed by atoms with E-state index in [-0.39, 0.29) is 9.88 Å². The number of likely N-dealkylation sites (N-methyl/N-ethyl adjacent to an activating group) is 1. The lowest BCUT2D eigenvalue weighted by atomic mass is 10.1. The Labute approximate surface area is 125 Å². The first kappa shape index (κ1) is 17.0. The van der Waals surface area contributed by atoms with E-state index >= 15 is 0 Å². The predicted octanol–water partition coefficient (Wildman–Crippen LogP) is 1.29. The number of nitrogens with two attached hydrogens (primary N) is 1. The summed E-state index contributed by atoms with van der Waals surface area (Å²) in [6.45, 7) is 4.66. The second-order valence-electron chi connectivity index (χ2n) is 4.33. The Balaban J connectivity index is 3.15. The van der Waals surface area contributed by atoms with Gasteiger partial charge in [0.05, 0.1) is 11.5 Å². The van der Waals surface area contributed by atoms with E-state index in [0.717, 1.165) is 5.56 Å². The molecule has 0 fully saturated rings. The third-order valence-electron chi connectivity index (χ3n) is 3.00. The number of hydrogen-bond acceptors (Lipinski definition) is 4. The third kappa shape index (κ3) is 3.76. The monoisotopic (exact) mass is 316 g/mol. The molecule has 0 radical (unpaired) electrons. The molecule has 112 valence electrons. The fraction of sp³-hybridized carbons (Fsp3) is 0.462. The Morgan fingerprint density at radius 2 is 2.10 bits per heavy atom. The Morgan fingerprint density at radius 3 is 2.55 bits per heavy atom. The van der Waals surface area contributed by atoms with Crippen molar-refractivity contribution in [2.75, 3.05) is 26.8 Å². The van der Waals surface area contributed by atoms with Crippen molar-refractivity contribution in [3.63, 3.8) is 0 Å². The lowest BCUT2D eigenvalue weighted by Gasteiger charge is -2.20. The van der Waals surface area contributed by atoms with Gasteiger partial charge >= 0.3 is 0 Å². The van der Waals surface area contributed by atoms with E-state index in [1.807, 2.05) is 0 Å². The molecule has 1 aromatic rings. The van der Waals surface area contributed by atoms with Crippen LogP contribution in [-0.2, 0) is 14.8 Å². The third-order valence-corrected chi connectivity index (χ3v) is 5.19. The summed E-state index contributed by atoms with van der Waals surface area (Å²) in [6, 6.07) is 4.78. The van der Waals surface area contributed by atoms with Crippen molar-refractivity contribution >= 4 is 27.2 Å². The van der Waals surface area contributed by atoms with Crippen LogP contribution < -0.4 is 5.73 Å². The molecule has 0 aliphatic carbocycles. The molecule has 5 nitrogen and oxygen atoms in total. The molecule has 7 heteroatoms. The van der Waals surface area contributed by atoms with Crippen LogP contribution in [0.3, 0.4) is 0 Å². The van der Waals surface area contributed by atoms with Gasteiger partial charge in [-0.15, -0.1) is 0 Å². The van der Waals surface area contributed by atoms with Crippen LogP contribution in [0.5, 0.6) is 0 Å². The summed E-state index contributed by atoms with van der Waals surface area (Å²) >= 11 is 4.92. The number of benzene rings is 1. The van der Waals surface area contributed by atoms with E-state index in [0.29, 0.717) is 25.3 Å². The molecule has 2 N–H and O–H groups in total. The van der Waals surface area contributed by atoms with Gasteiger partial charge in [0.1, 0.15) is 4.99 Å². The van der Waals surface area contributed by atoms with Gasteiger partial charge in [0.25, 0.3) is 0 Å². The summed E-state index contributed by atoms with van der Waals surface area (Å²) in [7, 11) is -1.98. The minimum absolute atomic E-state index is 0.243. The lowest BCUT2D eigenvalue weighted by Crippen LogP contribution is -2.33. The van der Waals surface area contributed by atoms with Crippen molar-refractivity contribution in [2.45, 2.75) is 18.7 Å². The van der Waals surface area contributed by atoms with E-state index in [9.17, 15) is 8.42 Å². The average Bonchev–Trinajstić information content (AvgIpc) is 2.38. The minimum atomic E-state index is -3.52. The number of hydrogen-bond donors (Lipinski definition) is 1. The quantitative estimate of drug-likeness (QED) is 0.767. The molecule has 0 aliphatic heterocycles. The molecule has 0 heterocycles. The Morgan fingerprint density at radius 1 is 1.45 bits per heavy atom. The molecule has 0 unspecified atom stereocenters.